The van der Waals surface area contributed by atoms with Crippen LogP contribution in [-0.2, 0) is 4.79 Å². The summed E-state index contributed by atoms with van der Waals surface area (Å²) in [5.41, 5.74) is 9.88. The van der Waals surface area contributed by atoms with Crippen LogP contribution in [0.4, 0.5) is 0 Å². The van der Waals surface area contributed by atoms with Crippen LogP contribution in [0.25, 0.3) is 76.8 Å². The highest BCUT2D eigenvalue weighted by molar-refractivity contribution is 14.1. The number of H-pyrrole nitrogens is 1. The van der Waals surface area contributed by atoms with E-state index in [2.05, 4.69) is 253 Å². The maximum atomic E-state index is 9.00. The summed E-state index contributed by atoms with van der Waals surface area (Å²) < 4.78 is 7.06. The Hall–Kier alpha value is -6.88. The Labute approximate surface area is 396 Å². The summed E-state index contributed by atoms with van der Waals surface area (Å²) in [6.07, 6.45) is 0. The molecule has 0 aliphatic carbocycles. The number of nitrogens with one attached hydrogen (secondary N) is 1. The van der Waals surface area contributed by atoms with Crippen molar-refractivity contribution in [3.8, 4) is 11.4 Å². The Morgan fingerprint density at radius 3 is 1.14 bits per heavy atom. The summed E-state index contributed by atoms with van der Waals surface area (Å²) in [5, 5.41) is 15.3. The monoisotopic (exact) mass is 1010 g/mol. The Kier molecular flexibility index (Phi) is 15.1. The maximum Gasteiger partial charge on any atom is 0.300 e. The van der Waals surface area contributed by atoms with E-state index in [4.69, 9.17) is 9.90 Å². The molecular weight excluding hydrogens is 964 g/mol. The van der Waals surface area contributed by atoms with Gasteiger partial charge in [-0.15, -0.1) is 0 Å². The van der Waals surface area contributed by atoms with E-state index < -0.39 is 5.97 Å². The molecule has 2 N–H and O–H groups in total. The number of hydrogen-bond donors (Lipinski definition) is 2. The number of halogens is 2. The van der Waals surface area contributed by atoms with E-state index >= 15 is 0 Å². The van der Waals surface area contributed by atoms with Crippen molar-refractivity contribution in [3.63, 3.8) is 0 Å². The van der Waals surface area contributed by atoms with E-state index in [9.17, 15) is 0 Å². The molecule has 0 spiro atoms. The molecule has 3 heterocycles. The molecule has 12 aromatic rings. The molecule has 3 radical (unpaired) electrons. The van der Waals surface area contributed by atoms with Crippen molar-refractivity contribution >= 4 is 118 Å². The number of aromatic nitrogens is 3. The van der Waals surface area contributed by atoms with Gasteiger partial charge in [0.15, 0.2) is 0 Å². The van der Waals surface area contributed by atoms with Crippen molar-refractivity contribution in [2.45, 2.75) is 6.92 Å². The number of carboxylic acids is 1. The van der Waals surface area contributed by atoms with Gasteiger partial charge in [0.1, 0.15) is 0 Å². The lowest BCUT2D eigenvalue weighted by atomic mass is 10.2. The molecular formula is C56H43BBrIN3O2. The number of nitrogens with zero attached hydrogens (tertiary/aromatic N) is 2. The van der Waals surface area contributed by atoms with Gasteiger partial charge in [-0.2, -0.15) is 0 Å². The van der Waals surface area contributed by atoms with Crippen molar-refractivity contribution in [2.75, 3.05) is 0 Å². The highest BCUT2D eigenvalue weighted by Crippen LogP contribution is 2.33. The van der Waals surface area contributed by atoms with Gasteiger partial charge < -0.3 is 19.2 Å². The summed E-state index contributed by atoms with van der Waals surface area (Å²) in [4.78, 5) is 12.4. The van der Waals surface area contributed by atoms with Gasteiger partial charge in [0.25, 0.3) is 5.97 Å². The number of fused-ring (bicyclic) bond motifs is 9. The van der Waals surface area contributed by atoms with Gasteiger partial charge in [-0.3, -0.25) is 4.79 Å². The number of hydrogen-bond acceptors (Lipinski definition) is 1. The molecule has 8 heteroatoms. The lowest BCUT2D eigenvalue weighted by Gasteiger charge is -2.07. The highest BCUT2D eigenvalue weighted by Gasteiger charge is 2.12. The highest BCUT2D eigenvalue weighted by atomic mass is 127. The summed E-state index contributed by atoms with van der Waals surface area (Å²) in [5.74, 6) is -0.833. The quantitative estimate of drug-likeness (QED) is 0.134. The molecule has 0 fully saturated rings. The second-order valence-electron chi connectivity index (χ2n) is 14.6. The Balaban J connectivity index is 0.000000129. The number of benzene rings is 9. The standard InChI is InChI=1S/C18H12IN.C18H13N.C12H9N.C6H5Br.C2H4O2.B/c19-13-10-11-18-16(12-13)15-8-4-5-9-17(15)20(18)14-6-2-1-3-7-14;1-2-8-14(9-3-1)19-17-12-6-4-10-15(17)16-11-5-7-13-18(16)19;1-3-7-11-9(5-1)10-6-2-4-8-12(10)13-11;7-6-4-2-1-3-5-6;1-2(3)4;/h1-12H;1-13H;1-8,13H;1-5H;1H3,(H,3,4);. The van der Waals surface area contributed by atoms with Gasteiger partial charge in [-0.1, -0.05) is 162 Å². The zero-order valence-corrected chi connectivity index (χ0v) is 38.8. The van der Waals surface area contributed by atoms with E-state index in [0.717, 1.165) is 11.4 Å². The fourth-order valence-electron chi connectivity index (χ4n) is 7.79. The molecule has 0 atom stereocenters. The predicted molar refractivity (Wildman–Crippen MR) is 283 cm³/mol. The van der Waals surface area contributed by atoms with Crippen LogP contribution in [-0.4, -0.2) is 33.6 Å². The zero-order chi connectivity index (χ0) is 43.5. The number of carboxylic acid groups (broad SMARTS) is 1. The van der Waals surface area contributed by atoms with Crippen molar-refractivity contribution in [1.82, 2.24) is 14.1 Å². The fourth-order valence-corrected chi connectivity index (χ4v) is 8.59. The lowest BCUT2D eigenvalue weighted by Crippen LogP contribution is -1.92. The largest absolute Gasteiger partial charge is 0.481 e. The number of carbonyl (C=O) groups is 1. The van der Waals surface area contributed by atoms with E-state index in [1.807, 2.05) is 30.3 Å². The van der Waals surface area contributed by atoms with Crippen LogP contribution >= 0.6 is 38.5 Å². The second kappa shape index (κ2) is 21.5. The molecule has 0 saturated heterocycles. The minimum atomic E-state index is -0.833. The zero-order valence-electron chi connectivity index (χ0n) is 35.0. The van der Waals surface area contributed by atoms with Crippen molar-refractivity contribution in [3.05, 3.63) is 239 Å². The van der Waals surface area contributed by atoms with Crippen LogP contribution < -0.4 is 0 Å². The summed E-state index contributed by atoms with van der Waals surface area (Å²) in [6.45, 7) is 1.08. The maximum absolute atomic E-state index is 9.00. The smallest absolute Gasteiger partial charge is 0.300 e. The van der Waals surface area contributed by atoms with Gasteiger partial charge in [0.2, 0.25) is 0 Å². The number of rotatable bonds is 2. The minimum Gasteiger partial charge on any atom is -0.481 e. The first-order valence-corrected chi connectivity index (χ1v) is 22.4. The van der Waals surface area contributed by atoms with Crippen LogP contribution in [0.2, 0.25) is 0 Å². The second-order valence-corrected chi connectivity index (χ2v) is 16.7. The lowest BCUT2D eigenvalue weighted by molar-refractivity contribution is -0.134. The van der Waals surface area contributed by atoms with Crippen LogP contribution in [0.1, 0.15) is 6.92 Å². The van der Waals surface area contributed by atoms with Gasteiger partial charge in [0, 0.05) is 78.1 Å². The van der Waals surface area contributed by atoms with Crippen LogP contribution in [0.5, 0.6) is 0 Å². The summed E-state index contributed by atoms with van der Waals surface area (Å²) in [7, 11) is 0. The van der Waals surface area contributed by atoms with E-state index in [-0.39, 0.29) is 8.41 Å². The average Bonchev–Trinajstić information content (AvgIpc) is 3.98. The van der Waals surface area contributed by atoms with Crippen LogP contribution in [0, 0.1) is 3.57 Å². The summed E-state index contributed by atoms with van der Waals surface area (Å²) >= 11 is 5.69. The molecule has 12 rings (SSSR count). The van der Waals surface area contributed by atoms with Crippen molar-refractivity contribution in [2.24, 2.45) is 0 Å². The molecule has 0 unspecified atom stereocenters. The van der Waals surface area contributed by atoms with Gasteiger partial charge in [-0.25, -0.2) is 0 Å². The van der Waals surface area contributed by atoms with Crippen molar-refractivity contribution < 1.29 is 9.90 Å². The topological polar surface area (TPSA) is 62.9 Å². The first-order chi connectivity index (χ1) is 30.9. The third kappa shape index (κ3) is 10.3. The van der Waals surface area contributed by atoms with Gasteiger partial charge >= 0.3 is 0 Å². The Morgan fingerprint density at radius 1 is 0.438 bits per heavy atom. The molecule has 5 nitrogen and oxygen atoms in total. The number of para-hydroxylation sites is 7. The first kappa shape index (κ1) is 45.2. The molecule has 0 aliphatic rings. The van der Waals surface area contributed by atoms with E-state index in [1.165, 1.54) is 80.4 Å². The Morgan fingerprint density at radius 2 is 0.750 bits per heavy atom. The molecule has 0 amide bonds. The third-order valence-electron chi connectivity index (χ3n) is 10.4. The Bertz CT molecular complexity index is 3310. The van der Waals surface area contributed by atoms with Gasteiger partial charge in [0.05, 0.1) is 22.1 Å². The van der Waals surface area contributed by atoms with Gasteiger partial charge in [-0.05, 0) is 108 Å². The molecule has 64 heavy (non-hydrogen) atoms. The predicted octanol–water partition coefficient (Wildman–Crippen LogP) is 15.7. The average molecular weight is 1010 g/mol. The minimum absolute atomic E-state index is 0. The third-order valence-corrected chi connectivity index (χ3v) is 11.6. The van der Waals surface area contributed by atoms with E-state index in [1.54, 1.807) is 0 Å². The molecule has 9 aromatic carbocycles. The normalized spacial score (nSPS) is 10.4. The van der Waals surface area contributed by atoms with E-state index in [0.29, 0.717) is 0 Å². The molecule has 3 aromatic heterocycles. The molecule has 311 valence electrons. The van der Waals surface area contributed by atoms with Crippen LogP contribution in [0.3, 0.4) is 0 Å². The molecule has 0 aliphatic heterocycles. The first-order valence-electron chi connectivity index (χ1n) is 20.5. The molecule has 0 bridgehead atoms. The summed E-state index contributed by atoms with van der Waals surface area (Å²) in [6, 6.07) is 80.2. The number of aliphatic carboxylic acids is 1. The molecule has 0 saturated carbocycles. The van der Waals surface area contributed by atoms with Crippen molar-refractivity contribution in [1.29, 1.82) is 0 Å². The van der Waals surface area contributed by atoms with Crippen LogP contribution in [0.15, 0.2) is 235 Å². The fraction of sp³-hybridized carbons (Fsp3) is 0.0179. The number of aromatic amines is 1. The SMILES string of the molecule is Brc1ccccc1.CC(=O)O.Ic1ccc2c(c1)c1ccccc1n2-c1ccccc1.[B].c1ccc(-n2c3ccccc3c3ccccc32)cc1.c1ccc2c(c1)[nH]c1ccccc12.